The van der Waals surface area contributed by atoms with Gasteiger partial charge in [0, 0.05) is 11.3 Å². The molecule has 146 valence electrons. The van der Waals surface area contributed by atoms with E-state index in [0.29, 0.717) is 11.0 Å². The van der Waals surface area contributed by atoms with Gasteiger partial charge in [0.2, 0.25) is 11.1 Å². The number of hydrogen-bond acceptors (Lipinski definition) is 5. The number of halogens is 3. The van der Waals surface area contributed by atoms with Gasteiger partial charge in [-0.15, -0.1) is 10.2 Å². The molecule has 1 amide bonds. The van der Waals surface area contributed by atoms with Crippen LogP contribution in [0, 0.1) is 6.92 Å². The summed E-state index contributed by atoms with van der Waals surface area (Å²) >= 11 is 1.03. The van der Waals surface area contributed by atoms with Gasteiger partial charge in [-0.25, -0.2) is 4.68 Å². The molecule has 1 heterocycles. The first-order valence-corrected chi connectivity index (χ1v) is 9.10. The van der Waals surface area contributed by atoms with Crippen LogP contribution in [0.5, 0.6) is 0 Å². The van der Waals surface area contributed by atoms with Crippen molar-refractivity contribution in [2.45, 2.75) is 18.3 Å². The topological polar surface area (TPSA) is 85.8 Å². The molecule has 3 N–H and O–H groups in total. The molecule has 0 fully saturated rings. The number of amides is 1. The second kappa shape index (κ2) is 7.93. The van der Waals surface area contributed by atoms with Gasteiger partial charge in [-0.1, -0.05) is 41.6 Å². The number of anilines is 1. The third-order valence-corrected chi connectivity index (χ3v) is 4.69. The zero-order valence-corrected chi connectivity index (χ0v) is 15.5. The Balaban J connectivity index is 1.64. The van der Waals surface area contributed by atoms with E-state index in [1.165, 1.54) is 16.8 Å². The van der Waals surface area contributed by atoms with Crippen molar-refractivity contribution >= 4 is 23.4 Å². The fraction of sp³-hybridized carbons (Fsp3) is 0.167. The van der Waals surface area contributed by atoms with Crippen LogP contribution in [0.15, 0.2) is 53.7 Å². The second-order valence-electron chi connectivity index (χ2n) is 5.96. The summed E-state index contributed by atoms with van der Waals surface area (Å²) in [5.74, 6) is 5.89. The van der Waals surface area contributed by atoms with Crippen molar-refractivity contribution in [3.05, 3.63) is 59.7 Å². The standard InChI is InChI=1S/C18H16F3N5OS/c1-11-4-2-5-12(8-11)16-24-25-17(26(16)22)28-10-15(27)23-14-7-3-6-13(9-14)18(19,20)21/h2-9H,10,22H2,1H3,(H,23,27). The predicted molar refractivity (Wildman–Crippen MR) is 101 cm³/mol. The number of nitrogens with one attached hydrogen (secondary N) is 1. The highest BCUT2D eigenvalue weighted by atomic mass is 32.2. The number of carbonyl (C=O) groups is 1. The Morgan fingerprint density at radius 3 is 2.64 bits per heavy atom. The summed E-state index contributed by atoms with van der Waals surface area (Å²) in [6.07, 6.45) is -4.47. The number of alkyl halides is 3. The average molecular weight is 407 g/mol. The molecule has 3 aromatic rings. The summed E-state index contributed by atoms with van der Waals surface area (Å²) in [6, 6.07) is 12.0. The maximum atomic E-state index is 12.7. The lowest BCUT2D eigenvalue weighted by atomic mass is 10.1. The Labute approximate surface area is 162 Å². The van der Waals surface area contributed by atoms with Crippen LogP contribution in [0.4, 0.5) is 18.9 Å². The molecule has 2 aromatic carbocycles. The van der Waals surface area contributed by atoms with E-state index >= 15 is 0 Å². The molecule has 0 aliphatic heterocycles. The van der Waals surface area contributed by atoms with Crippen LogP contribution < -0.4 is 11.2 Å². The minimum absolute atomic E-state index is 0.0649. The fourth-order valence-electron chi connectivity index (χ4n) is 2.46. The molecular weight excluding hydrogens is 391 g/mol. The molecule has 0 saturated carbocycles. The van der Waals surface area contributed by atoms with E-state index in [4.69, 9.17) is 5.84 Å². The number of aryl methyl sites for hydroxylation is 1. The first kappa shape index (κ1) is 19.7. The SMILES string of the molecule is Cc1cccc(-c2nnc(SCC(=O)Nc3cccc(C(F)(F)F)c3)n2N)c1. The molecule has 10 heteroatoms. The maximum Gasteiger partial charge on any atom is 0.416 e. The van der Waals surface area contributed by atoms with Crippen LogP contribution in [-0.4, -0.2) is 26.5 Å². The number of nitrogen functional groups attached to an aromatic ring is 1. The summed E-state index contributed by atoms with van der Waals surface area (Å²) in [5.41, 5.74) is 1.06. The smallest absolute Gasteiger partial charge is 0.335 e. The van der Waals surface area contributed by atoms with Crippen LogP contribution in [0.2, 0.25) is 0 Å². The zero-order chi connectivity index (χ0) is 20.3. The average Bonchev–Trinajstić information content (AvgIpc) is 3.00. The lowest BCUT2D eigenvalue weighted by Crippen LogP contribution is -2.17. The predicted octanol–water partition coefficient (Wildman–Crippen LogP) is 3.72. The minimum Gasteiger partial charge on any atom is -0.335 e. The first-order valence-electron chi connectivity index (χ1n) is 8.11. The number of nitrogens with zero attached hydrogens (tertiary/aromatic N) is 3. The number of carbonyl (C=O) groups excluding carboxylic acids is 1. The van der Waals surface area contributed by atoms with Crippen LogP contribution >= 0.6 is 11.8 Å². The van der Waals surface area contributed by atoms with Gasteiger partial charge in [-0.05, 0) is 31.2 Å². The largest absolute Gasteiger partial charge is 0.416 e. The monoisotopic (exact) mass is 407 g/mol. The van der Waals surface area contributed by atoms with Crippen molar-refractivity contribution in [3.8, 4) is 11.4 Å². The number of thioether (sulfide) groups is 1. The molecule has 0 aliphatic carbocycles. The molecule has 0 aliphatic rings. The van der Waals surface area contributed by atoms with Crippen LogP contribution in [0.25, 0.3) is 11.4 Å². The Bertz CT molecular complexity index is 1000. The molecule has 1 aromatic heterocycles. The second-order valence-corrected chi connectivity index (χ2v) is 6.90. The van der Waals surface area contributed by atoms with Gasteiger partial charge in [-0.2, -0.15) is 13.2 Å². The Kier molecular flexibility index (Phi) is 5.59. The van der Waals surface area contributed by atoms with E-state index in [1.807, 2.05) is 31.2 Å². The molecule has 0 bridgehead atoms. The maximum absolute atomic E-state index is 12.7. The van der Waals surface area contributed by atoms with Gasteiger partial charge in [0.1, 0.15) is 0 Å². The van der Waals surface area contributed by atoms with Crippen molar-refractivity contribution in [2.24, 2.45) is 0 Å². The number of nitrogens with two attached hydrogens (primary N) is 1. The van der Waals surface area contributed by atoms with Crippen molar-refractivity contribution in [2.75, 3.05) is 16.9 Å². The molecule has 0 radical (unpaired) electrons. The summed E-state index contributed by atoms with van der Waals surface area (Å²) in [5, 5.41) is 10.8. The van der Waals surface area contributed by atoms with Gasteiger partial charge in [-0.3, -0.25) is 4.79 Å². The summed E-state index contributed by atoms with van der Waals surface area (Å²) in [7, 11) is 0. The Hall–Kier alpha value is -3.01. The van der Waals surface area contributed by atoms with Gasteiger partial charge in [0.15, 0.2) is 5.82 Å². The minimum atomic E-state index is -4.47. The zero-order valence-electron chi connectivity index (χ0n) is 14.7. The fourth-order valence-corrected chi connectivity index (χ4v) is 3.11. The van der Waals surface area contributed by atoms with E-state index in [-0.39, 0.29) is 11.4 Å². The van der Waals surface area contributed by atoms with Crippen molar-refractivity contribution in [3.63, 3.8) is 0 Å². The Morgan fingerprint density at radius 2 is 1.93 bits per heavy atom. The molecule has 3 rings (SSSR count). The molecule has 0 spiro atoms. The molecule has 28 heavy (non-hydrogen) atoms. The lowest BCUT2D eigenvalue weighted by Gasteiger charge is -2.09. The number of hydrogen-bond donors (Lipinski definition) is 2. The van der Waals surface area contributed by atoms with E-state index in [9.17, 15) is 18.0 Å². The highest BCUT2D eigenvalue weighted by Gasteiger charge is 2.30. The molecule has 0 saturated heterocycles. The molecule has 0 unspecified atom stereocenters. The molecule has 6 nitrogen and oxygen atoms in total. The van der Waals surface area contributed by atoms with Gasteiger partial charge >= 0.3 is 6.18 Å². The van der Waals surface area contributed by atoms with E-state index in [1.54, 1.807) is 0 Å². The summed E-state index contributed by atoms with van der Waals surface area (Å²) in [6.45, 7) is 1.94. The number of benzene rings is 2. The number of rotatable bonds is 5. The van der Waals surface area contributed by atoms with Crippen molar-refractivity contribution in [1.82, 2.24) is 14.9 Å². The van der Waals surface area contributed by atoms with Crippen molar-refractivity contribution < 1.29 is 18.0 Å². The van der Waals surface area contributed by atoms with Crippen LogP contribution in [-0.2, 0) is 11.0 Å². The highest BCUT2D eigenvalue weighted by molar-refractivity contribution is 7.99. The van der Waals surface area contributed by atoms with E-state index in [2.05, 4.69) is 15.5 Å². The quantitative estimate of drug-likeness (QED) is 0.497. The summed E-state index contributed by atoms with van der Waals surface area (Å²) in [4.78, 5) is 12.1. The third kappa shape index (κ3) is 4.63. The van der Waals surface area contributed by atoms with E-state index < -0.39 is 17.6 Å². The van der Waals surface area contributed by atoms with Gasteiger partial charge in [0.25, 0.3) is 0 Å². The van der Waals surface area contributed by atoms with Crippen LogP contribution in [0.1, 0.15) is 11.1 Å². The van der Waals surface area contributed by atoms with Gasteiger partial charge < -0.3 is 11.2 Å². The first-order chi connectivity index (χ1) is 13.2. The summed E-state index contributed by atoms with van der Waals surface area (Å²) < 4.78 is 39.5. The molecule has 0 atom stereocenters. The molecular formula is C18H16F3N5OS. The van der Waals surface area contributed by atoms with Gasteiger partial charge in [0.05, 0.1) is 11.3 Å². The normalized spacial score (nSPS) is 11.4. The Morgan fingerprint density at radius 1 is 1.18 bits per heavy atom. The van der Waals surface area contributed by atoms with Crippen LogP contribution in [0.3, 0.4) is 0 Å². The lowest BCUT2D eigenvalue weighted by molar-refractivity contribution is -0.137. The van der Waals surface area contributed by atoms with Crippen molar-refractivity contribution in [1.29, 1.82) is 0 Å². The number of aromatic nitrogens is 3. The third-order valence-electron chi connectivity index (χ3n) is 3.75. The highest BCUT2D eigenvalue weighted by Crippen LogP contribution is 2.30. The van der Waals surface area contributed by atoms with E-state index in [0.717, 1.165) is 35.0 Å².